The van der Waals surface area contributed by atoms with Crippen LogP contribution in [0.1, 0.15) is 401 Å². The van der Waals surface area contributed by atoms with E-state index >= 15 is 0 Å². The smallest absolute Gasteiger partial charge is 0.462 e. The first kappa shape index (κ1) is 94.1. The Morgan fingerprint density at radius 3 is 0.708 bits per heavy atom. The molecule has 5 atom stereocenters. The number of carbonyl (C=O) groups is 4. The molecule has 2 unspecified atom stereocenters. The Morgan fingerprint density at radius 1 is 0.281 bits per heavy atom. The van der Waals surface area contributed by atoms with Crippen LogP contribution in [-0.2, 0) is 65.4 Å². The largest absolute Gasteiger partial charge is 0.472 e. The number of unbranched alkanes of at least 4 members (excludes halogenated alkanes) is 46. The molecule has 0 aliphatic heterocycles. The van der Waals surface area contributed by atoms with Gasteiger partial charge in [-0.25, -0.2) is 9.13 Å². The van der Waals surface area contributed by atoms with Crippen molar-refractivity contribution >= 4 is 39.5 Å². The lowest BCUT2D eigenvalue weighted by Gasteiger charge is -2.21. The molecule has 3 N–H and O–H groups in total. The van der Waals surface area contributed by atoms with Crippen LogP contribution in [0.2, 0.25) is 0 Å². The number of carbonyl (C=O) groups excluding carboxylic acids is 4. The summed E-state index contributed by atoms with van der Waals surface area (Å²) in [6.07, 6.45) is 57.0. The summed E-state index contributed by atoms with van der Waals surface area (Å²) in [4.78, 5) is 72.8. The molecule has 0 aromatic heterocycles. The monoisotopic (exact) mass is 1410 g/mol. The van der Waals surface area contributed by atoms with Gasteiger partial charge in [-0.1, -0.05) is 350 Å². The van der Waals surface area contributed by atoms with Crippen molar-refractivity contribution in [3.05, 3.63) is 0 Å². The van der Waals surface area contributed by atoms with Crippen LogP contribution in [0, 0.1) is 11.8 Å². The Kier molecular flexibility index (Phi) is 67.4. The number of hydrogen-bond acceptors (Lipinski definition) is 15. The molecule has 0 bridgehead atoms. The van der Waals surface area contributed by atoms with E-state index in [1.165, 1.54) is 212 Å². The molecule has 0 saturated heterocycles. The van der Waals surface area contributed by atoms with Crippen LogP contribution in [0.25, 0.3) is 0 Å². The van der Waals surface area contributed by atoms with E-state index in [4.69, 9.17) is 37.0 Å². The lowest BCUT2D eigenvalue weighted by molar-refractivity contribution is -0.161. The van der Waals surface area contributed by atoms with Crippen LogP contribution in [0.5, 0.6) is 0 Å². The van der Waals surface area contributed by atoms with E-state index in [1.807, 2.05) is 0 Å². The number of aliphatic hydroxyl groups excluding tert-OH is 1. The first-order valence-electron chi connectivity index (χ1n) is 40.0. The molecule has 0 spiro atoms. The van der Waals surface area contributed by atoms with Crippen LogP contribution in [0.3, 0.4) is 0 Å². The van der Waals surface area contributed by atoms with Crippen molar-refractivity contribution in [3.63, 3.8) is 0 Å². The predicted molar refractivity (Wildman–Crippen MR) is 391 cm³/mol. The normalized spacial score (nSPS) is 14.0. The summed E-state index contributed by atoms with van der Waals surface area (Å²) in [7, 11) is -9.91. The van der Waals surface area contributed by atoms with Crippen molar-refractivity contribution < 1.29 is 80.2 Å². The van der Waals surface area contributed by atoms with Gasteiger partial charge in [-0.15, -0.1) is 0 Å². The lowest BCUT2D eigenvalue weighted by Crippen LogP contribution is -2.30. The third-order valence-electron chi connectivity index (χ3n) is 18.0. The van der Waals surface area contributed by atoms with E-state index in [0.717, 1.165) is 102 Å². The summed E-state index contributed by atoms with van der Waals surface area (Å²) < 4.78 is 68.5. The number of esters is 4. The molecule has 0 fully saturated rings. The topological polar surface area (TPSA) is 237 Å². The molecule has 17 nitrogen and oxygen atoms in total. The molecular weight excluding hydrogens is 1260 g/mol. The van der Waals surface area contributed by atoms with Crippen molar-refractivity contribution in [2.75, 3.05) is 39.6 Å². The molecule has 0 rings (SSSR count). The summed E-state index contributed by atoms with van der Waals surface area (Å²) in [5.74, 6) is -0.653. The maximum Gasteiger partial charge on any atom is 0.472 e. The quantitative estimate of drug-likeness (QED) is 0.0222. The minimum absolute atomic E-state index is 0.107. The molecule has 0 amide bonds. The fourth-order valence-corrected chi connectivity index (χ4v) is 13.4. The van der Waals surface area contributed by atoms with Gasteiger partial charge < -0.3 is 33.8 Å². The zero-order chi connectivity index (χ0) is 70.7. The zero-order valence-electron chi connectivity index (χ0n) is 62.7. The van der Waals surface area contributed by atoms with Crippen LogP contribution in [-0.4, -0.2) is 96.7 Å². The lowest BCUT2D eigenvalue weighted by atomic mass is 10.0. The van der Waals surface area contributed by atoms with Gasteiger partial charge in [0.2, 0.25) is 0 Å². The number of hydrogen-bond donors (Lipinski definition) is 3. The second-order valence-electron chi connectivity index (χ2n) is 28.7. The minimum Gasteiger partial charge on any atom is -0.462 e. The van der Waals surface area contributed by atoms with Crippen molar-refractivity contribution in [2.45, 2.75) is 419 Å². The van der Waals surface area contributed by atoms with Crippen LogP contribution in [0.15, 0.2) is 0 Å². The van der Waals surface area contributed by atoms with Crippen molar-refractivity contribution in [1.29, 1.82) is 0 Å². The van der Waals surface area contributed by atoms with Crippen LogP contribution >= 0.6 is 15.6 Å². The molecule has 0 aromatic rings. The summed E-state index contributed by atoms with van der Waals surface area (Å²) in [6.45, 7) is 9.54. The highest BCUT2D eigenvalue weighted by molar-refractivity contribution is 7.47. The first-order valence-corrected chi connectivity index (χ1v) is 43.0. The van der Waals surface area contributed by atoms with E-state index in [-0.39, 0.29) is 25.7 Å². The van der Waals surface area contributed by atoms with E-state index in [0.29, 0.717) is 31.6 Å². The highest BCUT2D eigenvalue weighted by Crippen LogP contribution is 2.45. The van der Waals surface area contributed by atoms with Gasteiger partial charge in [0, 0.05) is 25.7 Å². The number of ether oxygens (including phenoxy) is 4. The fraction of sp³-hybridized carbons (Fsp3) is 0.948. The molecule has 0 aromatic carbocycles. The van der Waals surface area contributed by atoms with Gasteiger partial charge in [0.25, 0.3) is 0 Å². The maximum atomic E-state index is 13.1. The third-order valence-corrected chi connectivity index (χ3v) is 19.9. The molecule has 0 aliphatic rings. The predicted octanol–water partition coefficient (Wildman–Crippen LogP) is 22.7. The van der Waals surface area contributed by atoms with Gasteiger partial charge in [0.05, 0.1) is 26.4 Å². The number of phosphoric ester groups is 2. The van der Waals surface area contributed by atoms with E-state index in [9.17, 15) is 43.2 Å². The number of rotatable bonds is 76. The van der Waals surface area contributed by atoms with Crippen molar-refractivity contribution in [2.24, 2.45) is 11.8 Å². The van der Waals surface area contributed by atoms with E-state index in [2.05, 4.69) is 41.5 Å². The van der Waals surface area contributed by atoms with Gasteiger partial charge in [-0.3, -0.25) is 37.3 Å². The molecule has 0 aliphatic carbocycles. The van der Waals surface area contributed by atoms with Crippen LogP contribution in [0.4, 0.5) is 0 Å². The SMILES string of the molecule is CCCCCCCCCCCCCCCCCCCCC(=O)O[C@H](COC(=O)CCCCCCCCCCCCCCC(C)C)COP(=O)(O)OC[C@@H](O)COP(=O)(O)OC[C@@H](COC(=O)CCCCCCCCC(C)C)OC(=O)CCCCCCCCCCCCCCCC. The summed E-state index contributed by atoms with van der Waals surface area (Å²) in [5.41, 5.74) is 0. The van der Waals surface area contributed by atoms with Crippen molar-refractivity contribution in [1.82, 2.24) is 0 Å². The molecule has 570 valence electrons. The zero-order valence-corrected chi connectivity index (χ0v) is 64.5. The van der Waals surface area contributed by atoms with E-state index in [1.54, 1.807) is 0 Å². The second-order valence-corrected chi connectivity index (χ2v) is 31.6. The number of aliphatic hydroxyl groups is 1. The Labute approximate surface area is 588 Å². The van der Waals surface area contributed by atoms with E-state index < -0.39 is 97.5 Å². The summed E-state index contributed by atoms with van der Waals surface area (Å²) in [5, 5.41) is 10.6. The molecular formula is C77H150O17P2. The first-order chi connectivity index (χ1) is 46.4. The summed E-state index contributed by atoms with van der Waals surface area (Å²) in [6, 6.07) is 0. The Bertz CT molecular complexity index is 1860. The number of phosphoric acid groups is 2. The van der Waals surface area contributed by atoms with Gasteiger partial charge >= 0.3 is 39.5 Å². The fourth-order valence-electron chi connectivity index (χ4n) is 11.8. The van der Waals surface area contributed by atoms with Crippen LogP contribution < -0.4 is 0 Å². The van der Waals surface area contributed by atoms with Crippen molar-refractivity contribution in [3.8, 4) is 0 Å². The summed E-state index contributed by atoms with van der Waals surface area (Å²) >= 11 is 0. The highest BCUT2D eigenvalue weighted by Gasteiger charge is 2.30. The van der Waals surface area contributed by atoms with Gasteiger partial charge in [0.1, 0.15) is 19.3 Å². The minimum atomic E-state index is -4.96. The molecule has 0 saturated carbocycles. The highest BCUT2D eigenvalue weighted by atomic mass is 31.2. The van der Waals surface area contributed by atoms with Gasteiger partial charge in [0.15, 0.2) is 12.2 Å². The average molecular weight is 1410 g/mol. The molecule has 96 heavy (non-hydrogen) atoms. The second kappa shape index (κ2) is 68.8. The Hall–Kier alpha value is -1.94. The Morgan fingerprint density at radius 2 is 0.479 bits per heavy atom. The molecule has 19 heteroatoms. The molecule has 0 radical (unpaired) electrons. The standard InChI is InChI=1S/C77H150O17P2/c1-7-9-11-13-15-17-19-21-23-24-25-26-28-34-38-42-50-56-62-76(81)93-72(65-87-74(79)59-53-47-40-36-32-30-29-31-35-39-45-51-57-69(3)4)67-91-95(83,84)89-63-71(78)64-90-96(85,86)92-68-73(66-88-75(80)60-54-48-44-43-46-52-58-70(5)6)94-77(82)61-55-49-41-37-33-27-22-20-18-16-14-12-10-8-2/h69-73,78H,7-68H2,1-6H3,(H,83,84)(H,85,86)/t71-,72-,73-/m1/s1. The van der Waals surface area contributed by atoms with Gasteiger partial charge in [-0.2, -0.15) is 0 Å². The Balaban J connectivity index is 5.23. The average Bonchev–Trinajstić information content (AvgIpc) is 1.36. The maximum absolute atomic E-state index is 13.1. The molecule has 0 heterocycles. The van der Waals surface area contributed by atoms with Gasteiger partial charge in [-0.05, 0) is 37.5 Å². The third kappa shape index (κ3) is 70.5.